The predicted molar refractivity (Wildman–Crippen MR) is 88.5 cm³/mol. The zero-order valence-corrected chi connectivity index (χ0v) is 13.0. The number of amides is 2. The summed E-state index contributed by atoms with van der Waals surface area (Å²) >= 11 is 0. The normalized spacial score (nSPS) is 16.6. The molecule has 24 heavy (non-hydrogen) atoms. The number of rotatable bonds is 5. The highest BCUT2D eigenvalue weighted by Crippen LogP contribution is 2.20. The van der Waals surface area contributed by atoms with Crippen molar-refractivity contribution in [2.24, 2.45) is 0 Å². The molecule has 0 radical (unpaired) electrons. The number of hydrogen-bond acceptors (Lipinski definition) is 5. The molecule has 0 aliphatic carbocycles. The Balaban J connectivity index is 1.54. The maximum atomic E-state index is 14.1. The molecule has 1 aromatic heterocycles. The van der Waals surface area contributed by atoms with E-state index in [4.69, 9.17) is 4.74 Å². The number of hydrogen-bond donors (Lipinski definition) is 3. The Morgan fingerprint density at radius 1 is 1.33 bits per heavy atom. The van der Waals surface area contributed by atoms with Gasteiger partial charge in [-0.2, -0.15) is 5.10 Å². The van der Waals surface area contributed by atoms with E-state index >= 15 is 0 Å². The Labute approximate surface area is 138 Å². The summed E-state index contributed by atoms with van der Waals surface area (Å²) in [6.45, 7) is 1.33. The van der Waals surface area contributed by atoms with E-state index in [1.54, 1.807) is 24.3 Å². The van der Waals surface area contributed by atoms with Crippen LogP contribution < -0.4 is 16.0 Å². The number of carbonyl (C=O) groups excluding carboxylic acids is 1. The first kappa shape index (κ1) is 16.1. The van der Waals surface area contributed by atoms with Gasteiger partial charge < -0.3 is 15.4 Å². The molecule has 3 rings (SSSR count). The van der Waals surface area contributed by atoms with Crippen molar-refractivity contribution in [1.82, 2.24) is 10.2 Å². The highest BCUT2D eigenvalue weighted by atomic mass is 19.1. The fourth-order valence-electron chi connectivity index (χ4n) is 2.41. The van der Waals surface area contributed by atoms with Crippen LogP contribution in [0.1, 0.15) is 12.8 Å². The van der Waals surface area contributed by atoms with Crippen LogP contribution in [0, 0.1) is 5.82 Å². The van der Waals surface area contributed by atoms with Crippen LogP contribution in [0.5, 0.6) is 0 Å². The number of carbonyl (C=O) groups is 1. The van der Waals surface area contributed by atoms with Gasteiger partial charge in [-0.3, -0.25) is 5.32 Å². The molecule has 1 unspecified atom stereocenters. The van der Waals surface area contributed by atoms with E-state index in [1.807, 2.05) is 0 Å². The van der Waals surface area contributed by atoms with E-state index in [9.17, 15) is 9.18 Å². The van der Waals surface area contributed by atoms with Gasteiger partial charge in [-0.05, 0) is 43.2 Å². The third-order valence-electron chi connectivity index (χ3n) is 3.59. The summed E-state index contributed by atoms with van der Waals surface area (Å²) in [6, 6.07) is 7.20. The molecular weight excluding hydrogens is 313 g/mol. The standard InChI is InChI=1S/C16H18FN5O2/c17-13-9-11(20-16(23)21-15-4-1-7-19-22-15)5-6-14(13)18-10-12-3-2-8-24-12/h1,4-7,9,12,18H,2-3,8,10H2,(H2,20,21,22,23). The van der Waals surface area contributed by atoms with Gasteiger partial charge >= 0.3 is 6.03 Å². The van der Waals surface area contributed by atoms with E-state index in [0.717, 1.165) is 19.4 Å². The first-order valence-corrected chi connectivity index (χ1v) is 7.71. The van der Waals surface area contributed by atoms with Crippen molar-refractivity contribution >= 4 is 23.2 Å². The second kappa shape index (κ2) is 7.69. The molecule has 2 amide bonds. The maximum absolute atomic E-state index is 14.1. The topological polar surface area (TPSA) is 88.2 Å². The van der Waals surface area contributed by atoms with Gasteiger partial charge in [0.1, 0.15) is 5.82 Å². The van der Waals surface area contributed by atoms with Crippen molar-refractivity contribution in [3.05, 3.63) is 42.3 Å². The molecule has 126 valence electrons. The quantitative estimate of drug-likeness (QED) is 0.784. The zero-order chi connectivity index (χ0) is 16.8. The van der Waals surface area contributed by atoms with Gasteiger partial charge in [-0.1, -0.05) is 0 Å². The molecule has 7 nitrogen and oxygen atoms in total. The monoisotopic (exact) mass is 331 g/mol. The van der Waals surface area contributed by atoms with Crippen LogP contribution in [0.25, 0.3) is 0 Å². The summed E-state index contributed by atoms with van der Waals surface area (Å²) in [5, 5.41) is 15.5. The lowest BCUT2D eigenvalue weighted by Crippen LogP contribution is -2.21. The Kier molecular flexibility index (Phi) is 5.17. The van der Waals surface area contributed by atoms with Gasteiger partial charge in [0.05, 0.1) is 11.8 Å². The second-order valence-corrected chi connectivity index (χ2v) is 5.40. The van der Waals surface area contributed by atoms with Crippen LogP contribution in [0.15, 0.2) is 36.5 Å². The number of ether oxygens (including phenoxy) is 1. The van der Waals surface area contributed by atoms with Crippen LogP contribution in [0.2, 0.25) is 0 Å². The van der Waals surface area contributed by atoms with Gasteiger partial charge in [0.15, 0.2) is 5.82 Å². The molecule has 0 bridgehead atoms. The third kappa shape index (κ3) is 4.39. The minimum Gasteiger partial charge on any atom is -0.380 e. The van der Waals surface area contributed by atoms with Crippen molar-refractivity contribution < 1.29 is 13.9 Å². The molecule has 1 fully saturated rings. The first-order chi connectivity index (χ1) is 11.7. The summed E-state index contributed by atoms with van der Waals surface area (Å²) in [5.41, 5.74) is 0.724. The average Bonchev–Trinajstić information content (AvgIpc) is 3.08. The highest BCUT2D eigenvalue weighted by Gasteiger charge is 2.15. The number of anilines is 3. The Morgan fingerprint density at radius 3 is 2.96 bits per heavy atom. The minimum absolute atomic E-state index is 0.125. The van der Waals surface area contributed by atoms with E-state index in [1.165, 1.54) is 12.3 Å². The van der Waals surface area contributed by atoms with E-state index in [0.29, 0.717) is 23.7 Å². The Bertz CT molecular complexity index is 692. The van der Waals surface area contributed by atoms with Crippen molar-refractivity contribution in [3.8, 4) is 0 Å². The summed E-state index contributed by atoms with van der Waals surface area (Å²) in [7, 11) is 0. The van der Waals surface area contributed by atoms with Crippen LogP contribution >= 0.6 is 0 Å². The van der Waals surface area contributed by atoms with E-state index in [-0.39, 0.29) is 6.10 Å². The molecule has 0 saturated carbocycles. The lowest BCUT2D eigenvalue weighted by Gasteiger charge is -2.13. The summed E-state index contributed by atoms with van der Waals surface area (Å²) < 4.78 is 19.6. The number of nitrogens with one attached hydrogen (secondary N) is 3. The number of nitrogens with zero attached hydrogens (tertiary/aromatic N) is 2. The summed E-state index contributed by atoms with van der Waals surface area (Å²) in [4.78, 5) is 11.8. The lowest BCUT2D eigenvalue weighted by molar-refractivity contribution is 0.120. The molecule has 0 spiro atoms. The third-order valence-corrected chi connectivity index (χ3v) is 3.59. The summed E-state index contributed by atoms with van der Waals surface area (Å²) in [5.74, 6) is -0.129. The SMILES string of the molecule is O=C(Nc1ccc(NCC2CCCO2)c(F)c1)Nc1cccnn1. The Hall–Kier alpha value is -2.74. The minimum atomic E-state index is -0.519. The molecule has 2 heterocycles. The van der Waals surface area contributed by atoms with Crippen molar-refractivity contribution in [2.75, 3.05) is 29.1 Å². The molecular formula is C16H18FN5O2. The number of aromatic nitrogens is 2. The van der Waals surface area contributed by atoms with Gasteiger partial charge in [-0.15, -0.1) is 5.10 Å². The number of halogens is 1. The van der Waals surface area contributed by atoms with Crippen molar-refractivity contribution in [1.29, 1.82) is 0 Å². The number of benzene rings is 1. The van der Waals surface area contributed by atoms with Gasteiger partial charge in [0.25, 0.3) is 0 Å². The molecule has 1 aromatic carbocycles. The maximum Gasteiger partial charge on any atom is 0.324 e. The van der Waals surface area contributed by atoms with Crippen LogP contribution in [-0.2, 0) is 4.74 Å². The molecule has 1 atom stereocenters. The zero-order valence-electron chi connectivity index (χ0n) is 13.0. The van der Waals surface area contributed by atoms with Crippen LogP contribution in [-0.4, -0.2) is 35.5 Å². The first-order valence-electron chi connectivity index (χ1n) is 7.71. The smallest absolute Gasteiger partial charge is 0.324 e. The molecule has 2 aromatic rings. The fourth-order valence-corrected chi connectivity index (χ4v) is 2.41. The second-order valence-electron chi connectivity index (χ2n) is 5.40. The largest absolute Gasteiger partial charge is 0.380 e. The van der Waals surface area contributed by atoms with Crippen LogP contribution in [0.3, 0.4) is 0 Å². The molecule has 1 saturated heterocycles. The summed E-state index contributed by atoms with van der Waals surface area (Å²) in [6.07, 6.45) is 3.65. The molecule has 1 aliphatic rings. The van der Waals surface area contributed by atoms with Crippen molar-refractivity contribution in [3.63, 3.8) is 0 Å². The molecule has 8 heteroatoms. The average molecular weight is 331 g/mol. The van der Waals surface area contributed by atoms with Gasteiger partial charge in [-0.25, -0.2) is 9.18 Å². The molecule has 1 aliphatic heterocycles. The van der Waals surface area contributed by atoms with Gasteiger partial charge in [0, 0.05) is 25.0 Å². The highest BCUT2D eigenvalue weighted by molar-refractivity contribution is 5.99. The predicted octanol–water partition coefficient (Wildman–Crippen LogP) is 2.85. The van der Waals surface area contributed by atoms with Crippen LogP contribution in [0.4, 0.5) is 26.4 Å². The number of urea groups is 1. The van der Waals surface area contributed by atoms with E-state index < -0.39 is 11.8 Å². The van der Waals surface area contributed by atoms with E-state index in [2.05, 4.69) is 26.1 Å². The molecule has 3 N–H and O–H groups in total. The van der Waals surface area contributed by atoms with Gasteiger partial charge in [0.2, 0.25) is 0 Å². The lowest BCUT2D eigenvalue weighted by atomic mass is 10.2. The van der Waals surface area contributed by atoms with Crippen molar-refractivity contribution in [2.45, 2.75) is 18.9 Å². The fraction of sp³-hybridized carbons (Fsp3) is 0.312. The Morgan fingerprint density at radius 2 is 2.25 bits per heavy atom.